The summed E-state index contributed by atoms with van der Waals surface area (Å²) in [6.07, 6.45) is 1.42. The third-order valence-corrected chi connectivity index (χ3v) is 3.52. The van der Waals surface area contributed by atoms with Crippen LogP contribution in [-0.2, 0) is 0 Å². The maximum absolute atomic E-state index is 11.8. The molecule has 0 spiro atoms. The molecule has 6 nitrogen and oxygen atoms in total. The molecule has 1 aromatic heterocycles. The standard InChI is InChI=1S/C16H12ClN3O3/c17-16-11(7-10-3-1-2-4-13(10)19-16)9-18-14-8-12(20(22)23)5-6-15(14)21/h1-9,21-23H/p-1. The number of aromatic nitrogens is 1. The number of rotatable bonds is 3. The van der Waals surface area contributed by atoms with E-state index in [9.17, 15) is 5.11 Å². The highest BCUT2D eigenvalue weighted by molar-refractivity contribution is 6.32. The second-order valence-corrected chi connectivity index (χ2v) is 5.12. The number of nitrogens with zero attached hydrogens (tertiary/aromatic N) is 3. The van der Waals surface area contributed by atoms with Gasteiger partial charge in [0.2, 0.25) is 0 Å². The van der Waals surface area contributed by atoms with Crippen molar-refractivity contribution in [1.82, 2.24) is 4.98 Å². The lowest BCUT2D eigenvalue weighted by Crippen LogP contribution is -2.10. The first-order valence-electron chi connectivity index (χ1n) is 6.63. The predicted molar refractivity (Wildman–Crippen MR) is 85.9 cm³/mol. The Kier molecular flexibility index (Phi) is 4.12. The van der Waals surface area contributed by atoms with E-state index in [1.54, 1.807) is 0 Å². The average molecular weight is 329 g/mol. The summed E-state index contributed by atoms with van der Waals surface area (Å²) < 4.78 is 0. The van der Waals surface area contributed by atoms with Gasteiger partial charge in [-0.2, -0.15) is 0 Å². The molecule has 7 heteroatoms. The maximum Gasteiger partial charge on any atom is 0.138 e. The monoisotopic (exact) mass is 328 g/mol. The highest BCUT2D eigenvalue weighted by Gasteiger charge is 2.04. The van der Waals surface area contributed by atoms with Gasteiger partial charge in [0.1, 0.15) is 5.15 Å². The fourth-order valence-electron chi connectivity index (χ4n) is 2.07. The molecular weight excluding hydrogens is 318 g/mol. The molecule has 116 valence electrons. The van der Waals surface area contributed by atoms with Gasteiger partial charge in [0.05, 0.1) is 16.9 Å². The Morgan fingerprint density at radius 2 is 1.91 bits per heavy atom. The number of hydrogen-bond donors (Lipinski definition) is 2. The Bertz CT molecular complexity index is 897. The van der Waals surface area contributed by atoms with E-state index in [1.807, 2.05) is 30.3 Å². The molecule has 3 rings (SSSR count). The third-order valence-electron chi connectivity index (χ3n) is 3.22. The first kappa shape index (κ1) is 15.2. The fraction of sp³-hybridized carbons (Fsp3) is 0. The van der Waals surface area contributed by atoms with Crippen molar-refractivity contribution < 1.29 is 15.5 Å². The van der Waals surface area contributed by atoms with Gasteiger partial charge in [-0.1, -0.05) is 41.6 Å². The number of pyridine rings is 1. The van der Waals surface area contributed by atoms with Crippen LogP contribution in [0.1, 0.15) is 5.56 Å². The molecule has 0 aliphatic heterocycles. The van der Waals surface area contributed by atoms with Crippen molar-refractivity contribution in [3.8, 4) is 5.75 Å². The Labute approximate surface area is 136 Å². The van der Waals surface area contributed by atoms with Gasteiger partial charge < -0.3 is 5.11 Å². The number of anilines is 1. The largest absolute Gasteiger partial charge is 0.871 e. The summed E-state index contributed by atoms with van der Waals surface area (Å²) in [5, 5.41) is 30.8. The van der Waals surface area contributed by atoms with Crippen LogP contribution in [-0.4, -0.2) is 21.6 Å². The van der Waals surface area contributed by atoms with E-state index in [0.717, 1.165) is 10.9 Å². The summed E-state index contributed by atoms with van der Waals surface area (Å²) >= 11 is 6.12. The molecule has 0 amide bonds. The van der Waals surface area contributed by atoms with Gasteiger partial charge in [-0.15, -0.1) is 5.23 Å². The topological polar surface area (TPSA) is 92.0 Å². The lowest BCUT2D eigenvalue weighted by atomic mass is 10.2. The van der Waals surface area contributed by atoms with Crippen LogP contribution in [0.5, 0.6) is 5.75 Å². The molecule has 0 fully saturated rings. The van der Waals surface area contributed by atoms with E-state index in [1.165, 1.54) is 24.4 Å². The fourth-order valence-corrected chi connectivity index (χ4v) is 2.26. The van der Waals surface area contributed by atoms with Crippen molar-refractivity contribution in [1.29, 1.82) is 0 Å². The van der Waals surface area contributed by atoms with Crippen LogP contribution >= 0.6 is 11.6 Å². The van der Waals surface area contributed by atoms with Crippen molar-refractivity contribution in [2.45, 2.75) is 0 Å². The lowest BCUT2D eigenvalue weighted by Gasteiger charge is -2.13. The molecule has 0 atom stereocenters. The average Bonchev–Trinajstić information content (AvgIpc) is 2.54. The van der Waals surface area contributed by atoms with Gasteiger partial charge in [0.15, 0.2) is 0 Å². The molecule has 0 aliphatic rings. The normalized spacial score (nSPS) is 11.3. The van der Waals surface area contributed by atoms with Crippen LogP contribution in [0, 0.1) is 0 Å². The highest BCUT2D eigenvalue weighted by atomic mass is 35.5. The van der Waals surface area contributed by atoms with Gasteiger partial charge in [-0.25, -0.2) is 4.98 Å². The van der Waals surface area contributed by atoms with E-state index in [2.05, 4.69) is 9.98 Å². The second kappa shape index (κ2) is 6.21. The van der Waals surface area contributed by atoms with Crippen LogP contribution in [0.25, 0.3) is 10.9 Å². The molecule has 0 aliphatic carbocycles. The van der Waals surface area contributed by atoms with Crippen molar-refractivity contribution in [2.24, 2.45) is 4.99 Å². The summed E-state index contributed by atoms with van der Waals surface area (Å²) in [7, 11) is 0. The zero-order valence-electron chi connectivity index (χ0n) is 11.7. The summed E-state index contributed by atoms with van der Waals surface area (Å²) in [5.41, 5.74) is 1.40. The van der Waals surface area contributed by atoms with Crippen LogP contribution in [0.4, 0.5) is 11.4 Å². The molecule has 0 saturated heterocycles. The van der Waals surface area contributed by atoms with Crippen molar-refractivity contribution in [2.75, 3.05) is 5.23 Å². The molecule has 2 N–H and O–H groups in total. The Morgan fingerprint density at radius 1 is 1.13 bits per heavy atom. The van der Waals surface area contributed by atoms with E-state index in [4.69, 9.17) is 22.0 Å². The van der Waals surface area contributed by atoms with E-state index in [0.29, 0.717) is 5.56 Å². The molecule has 3 aromatic rings. The Hall–Kier alpha value is -2.67. The van der Waals surface area contributed by atoms with Crippen molar-refractivity contribution in [3.63, 3.8) is 0 Å². The van der Waals surface area contributed by atoms with Gasteiger partial charge >= 0.3 is 0 Å². The zero-order valence-corrected chi connectivity index (χ0v) is 12.5. The van der Waals surface area contributed by atoms with Gasteiger partial charge in [-0.3, -0.25) is 15.4 Å². The number of benzene rings is 2. The number of hydrogen-bond acceptors (Lipinski definition) is 6. The quantitative estimate of drug-likeness (QED) is 0.437. The Morgan fingerprint density at radius 3 is 2.70 bits per heavy atom. The number of halogens is 1. The molecule has 1 heterocycles. The van der Waals surface area contributed by atoms with Crippen LogP contribution in [0.15, 0.2) is 53.5 Å². The lowest BCUT2D eigenvalue weighted by molar-refractivity contribution is -0.267. The molecule has 0 radical (unpaired) electrons. The summed E-state index contributed by atoms with van der Waals surface area (Å²) in [5.74, 6) is -0.350. The van der Waals surface area contributed by atoms with E-state index in [-0.39, 0.29) is 27.5 Å². The third kappa shape index (κ3) is 3.24. The first-order valence-corrected chi connectivity index (χ1v) is 7.01. The number of fused-ring (bicyclic) bond motifs is 1. The summed E-state index contributed by atoms with van der Waals surface area (Å²) in [6, 6.07) is 13.0. The maximum atomic E-state index is 11.8. The molecule has 0 saturated carbocycles. The van der Waals surface area contributed by atoms with Gasteiger partial charge in [0, 0.05) is 17.2 Å². The predicted octanol–water partition coefficient (Wildman–Crippen LogP) is 3.30. The highest BCUT2D eigenvalue weighted by Crippen LogP contribution is 2.28. The minimum Gasteiger partial charge on any atom is -0.871 e. The van der Waals surface area contributed by atoms with Crippen LogP contribution in [0.3, 0.4) is 0 Å². The summed E-state index contributed by atoms with van der Waals surface area (Å²) in [4.78, 5) is 8.34. The van der Waals surface area contributed by atoms with E-state index >= 15 is 0 Å². The minimum atomic E-state index is -0.350. The van der Waals surface area contributed by atoms with Gasteiger partial charge in [0.25, 0.3) is 0 Å². The first-order chi connectivity index (χ1) is 11.0. The van der Waals surface area contributed by atoms with E-state index < -0.39 is 0 Å². The molecule has 2 aromatic carbocycles. The van der Waals surface area contributed by atoms with Crippen LogP contribution < -0.4 is 10.3 Å². The van der Waals surface area contributed by atoms with Crippen molar-refractivity contribution in [3.05, 3.63) is 59.2 Å². The van der Waals surface area contributed by atoms with Gasteiger partial charge in [-0.05, 0) is 24.3 Å². The second-order valence-electron chi connectivity index (χ2n) is 4.76. The molecular formula is C16H11ClN3O3-. The smallest absolute Gasteiger partial charge is 0.138 e. The van der Waals surface area contributed by atoms with Crippen LogP contribution in [0.2, 0.25) is 5.15 Å². The zero-order chi connectivity index (χ0) is 16.4. The summed E-state index contributed by atoms with van der Waals surface area (Å²) in [6.45, 7) is 0. The van der Waals surface area contributed by atoms with Crippen molar-refractivity contribution >= 4 is 40.1 Å². The number of aliphatic imine (C=N–C) groups is 1. The SMILES string of the molecule is [O-]c1ccc(N(O)O)cc1N=Cc1cc2ccccc2nc1Cl. The molecule has 0 unspecified atom stereocenters. The number of para-hydroxylation sites is 1. The Balaban J connectivity index is 2.00. The molecule has 0 bridgehead atoms. The molecule has 23 heavy (non-hydrogen) atoms. The minimum absolute atomic E-state index is 0.0273.